The van der Waals surface area contributed by atoms with Gasteiger partial charge in [-0.25, -0.2) is 4.79 Å². The SMILES string of the molecule is Cc1ccc(Oc2ccc3c(c2)OCCC3[C@]2(C(=O)OCc3ccccc3)SC(=O)NC2=O)c(Cl)c1. The fourth-order valence-electron chi connectivity index (χ4n) is 4.41. The van der Waals surface area contributed by atoms with Gasteiger partial charge in [0.1, 0.15) is 23.9 Å². The Bertz CT molecular complexity index is 1350. The van der Waals surface area contributed by atoms with Crippen molar-refractivity contribution in [2.45, 2.75) is 30.6 Å². The van der Waals surface area contributed by atoms with Crippen LogP contribution in [0, 0.1) is 6.92 Å². The Morgan fingerprint density at radius 1 is 1.14 bits per heavy atom. The maximum Gasteiger partial charge on any atom is 0.333 e. The van der Waals surface area contributed by atoms with Crippen LogP contribution in [0.5, 0.6) is 17.2 Å². The average Bonchev–Trinajstić information content (AvgIpc) is 3.18. The van der Waals surface area contributed by atoms with E-state index in [1.807, 2.05) is 43.3 Å². The maximum atomic E-state index is 13.4. The van der Waals surface area contributed by atoms with Gasteiger partial charge in [-0.2, -0.15) is 0 Å². The van der Waals surface area contributed by atoms with Crippen LogP contribution in [0.3, 0.4) is 0 Å². The number of hydrogen-bond acceptors (Lipinski definition) is 7. The number of ether oxygens (including phenoxy) is 3. The Morgan fingerprint density at radius 3 is 2.67 bits per heavy atom. The van der Waals surface area contributed by atoms with Crippen molar-refractivity contribution in [1.82, 2.24) is 5.32 Å². The first-order valence-corrected chi connectivity index (χ1v) is 12.5. The Balaban J connectivity index is 1.45. The number of hydrogen-bond donors (Lipinski definition) is 1. The van der Waals surface area contributed by atoms with Gasteiger partial charge in [0.15, 0.2) is 0 Å². The smallest absolute Gasteiger partial charge is 0.333 e. The molecule has 0 saturated carbocycles. The predicted octanol–water partition coefficient (Wildman–Crippen LogP) is 5.77. The predicted molar refractivity (Wildman–Crippen MR) is 136 cm³/mol. The number of carbonyl (C=O) groups is 3. The molecule has 1 unspecified atom stereocenters. The molecule has 1 N–H and O–H groups in total. The first-order chi connectivity index (χ1) is 17.4. The molecule has 2 amide bonds. The van der Waals surface area contributed by atoms with Crippen molar-refractivity contribution < 1.29 is 28.6 Å². The van der Waals surface area contributed by atoms with Crippen molar-refractivity contribution in [1.29, 1.82) is 0 Å². The van der Waals surface area contributed by atoms with Gasteiger partial charge in [-0.05, 0) is 54.4 Å². The molecule has 7 nitrogen and oxygen atoms in total. The first kappa shape index (κ1) is 24.2. The van der Waals surface area contributed by atoms with E-state index >= 15 is 0 Å². The van der Waals surface area contributed by atoms with E-state index in [9.17, 15) is 14.4 Å². The number of nitrogens with one attached hydrogen (secondary N) is 1. The average molecular weight is 524 g/mol. The minimum absolute atomic E-state index is 0.0103. The molecule has 2 atom stereocenters. The van der Waals surface area contributed by atoms with Crippen LogP contribution in [0.25, 0.3) is 0 Å². The summed E-state index contributed by atoms with van der Waals surface area (Å²) in [6, 6.07) is 19.8. The highest BCUT2D eigenvalue weighted by Crippen LogP contribution is 2.51. The summed E-state index contributed by atoms with van der Waals surface area (Å²) in [5.74, 6) is -0.634. The van der Waals surface area contributed by atoms with Crippen molar-refractivity contribution >= 4 is 40.5 Å². The highest BCUT2D eigenvalue weighted by atomic mass is 35.5. The van der Waals surface area contributed by atoms with Gasteiger partial charge >= 0.3 is 5.97 Å². The van der Waals surface area contributed by atoms with E-state index in [1.165, 1.54) is 0 Å². The van der Waals surface area contributed by atoms with Gasteiger partial charge in [-0.3, -0.25) is 14.9 Å². The fraction of sp³-hybridized carbons (Fsp3) is 0.222. The van der Waals surface area contributed by atoms with Crippen LogP contribution in [0.1, 0.15) is 29.0 Å². The molecule has 3 aromatic carbocycles. The van der Waals surface area contributed by atoms with Gasteiger partial charge in [-0.1, -0.05) is 54.1 Å². The second-order valence-corrected chi connectivity index (χ2v) is 10.2. The lowest BCUT2D eigenvalue weighted by Gasteiger charge is -2.35. The quantitative estimate of drug-likeness (QED) is 0.324. The van der Waals surface area contributed by atoms with Gasteiger partial charge in [0.2, 0.25) is 4.75 Å². The number of amides is 2. The van der Waals surface area contributed by atoms with Crippen LogP contribution in [0.15, 0.2) is 66.7 Å². The van der Waals surface area contributed by atoms with E-state index < -0.39 is 27.8 Å². The maximum absolute atomic E-state index is 13.4. The summed E-state index contributed by atoms with van der Waals surface area (Å²) in [5, 5.41) is 2.17. The minimum atomic E-state index is -1.76. The zero-order valence-electron chi connectivity index (χ0n) is 19.3. The van der Waals surface area contributed by atoms with Gasteiger partial charge in [0.05, 0.1) is 11.6 Å². The van der Waals surface area contributed by atoms with Gasteiger partial charge in [-0.15, -0.1) is 0 Å². The van der Waals surface area contributed by atoms with Crippen LogP contribution in [-0.2, 0) is 20.9 Å². The zero-order valence-corrected chi connectivity index (χ0v) is 20.9. The molecule has 184 valence electrons. The normalized spacial score (nSPS) is 20.8. The highest BCUT2D eigenvalue weighted by molar-refractivity contribution is 8.16. The van der Waals surface area contributed by atoms with Crippen molar-refractivity contribution in [3.63, 3.8) is 0 Å². The molecule has 9 heteroatoms. The van der Waals surface area contributed by atoms with Crippen LogP contribution in [0.2, 0.25) is 5.02 Å². The second-order valence-electron chi connectivity index (χ2n) is 8.57. The van der Waals surface area contributed by atoms with Crippen LogP contribution in [-0.4, -0.2) is 28.5 Å². The third kappa shape index (κ3) is 4.54. The molecule has 36 heavy (non-hydrogen) atoms. The van der Waals surface area contributed by atoms with Crippen LogP contribution >= 0.6 is 23.4 Å². The van der Waals surface area contributed by atoms with Gasteiger partial charge < -0.3 is 14.2 Å². The molecular weight excluding hydrogens is 502 g/mol. The second kappa shape index (κ2) is 9.87. The summed E-state index contributed by atoms with van der Waals surface area (Å²) in [6.07, 6.45) is 0.352. The molecule has 0 spiro atoms. The Kier molecular flexibility index (Phi) is 6.64. The van der Waals surface area contributed by atoms with E-state index in [0.29, 0.717) is 46.0 Å². The number of benzene rings is 3. The number of carbonyl (C=O) groups excluding carboxylic acids is 3. The summed E-state index contributed by atoms with van der Waals surface area (Å²) in [4.78, 5) is 38.8. The molecular formula is C27H22ClNO6S. The number of fused-ring (bicyclic) bond motifs is 1. The molecule has 3 aromatic rings. The minimum Gasteiger partial charge on any atom is -0.493 e. The van der Waals surface area contributed by atoms with E-state index in [4.69, 9.17) is 25.8 Å². The Labute approximate surface area is 217 Å². The molecule has 0 bridgehead atoms. The van der Waals surface area contributed by atoms with Crippen molar-refractivity contribution in [3.8, 4) is 17.2 Å². The van der Waals surface area contributed by atoms with Crippen molar-refractivity contribution in [3.05, 3.63) is 88.4 Å². The van der Waals surface area contributed by atoms with Crippen molar-refractivity contribution in [2.75, 3.05) is 6.61 Å². The lowest BCUT2D eigenvalue weighted by Crippen LogP contribution is -2.50. The molecule has 2 heterocycles. The Morgan fingerprint density at radius 2 is 1.94 bits per heavy atom. The zero-order chi connectivity index (χ0) is 25.3. The molecule has 0 aliphatic carbocycles. The van der Waals surface area contributed by atoms with E-state index in [0.717, 1.165) is 11.1 Å². The lowest BCUT2D eigenvalue weighted by atomic mass is 9.80. The highest BCUT2D eigenvalue weighted by Gasteiger charge is 2.61. The fourth-order valence-corrected chi connectivity index (χ4v) is 5.79. The molecule has 1 fully saturated rings. The molecule has 0 radical (unpaired) electrons. The molecule has 5 rings (SSSR count). The molecule has 2 aliphatic heterocycles. The largest absolute Gasteiger partial charge is 0.493 e. The first-order valence-electron chi connectivity index (χ1n) is 11.3. The van der Waals surface area contributed by atoms with Crippen LogP contribution in [0.4, 0.5) is 4.79 Å². The number of imide groups is 1. The summed E-state index contributed by atoms with van der Waals surface area (Å²) < 4.78 is 15.6. The molecule has 2 aliphatic rings. The standard InChI is InChI=1S/C27H22ClNO6S/c1-16-7-10-22(21(28)13-16)35-18-8-9-19-20(11-12-33-23(19)14-18)27(24(30)29-26(32)36-27)25(31)34-15-17-5-3-2-4-6-17/h2-10,13-14,20H,11-12,15H2,1H3,(H,29,30,32)/t20?,27-/m0/s1. The number of aryl methyl sites for hydroxylation is 1. The molecule has 0 aromatic heterocycles. The van der Waals surface area contributed by atoms with Gasteiger partial charge in [0.25, 0.3) is 11.1 Å². The number of esters is 1. The summed E-state index contributed by atoms with van der Waals surface area (Å²) in [6.45, 7) is 2.18. The van der Waals surface area contributed by atoms with E-state index in [-0.39, 0.29) is 13.2 Å². The summed E-state index contributed by atoms with van der Waals surface area (Å²) in [7, 11) is 0. The third-order valence-corrected chi connectivity index (χ3v) is 7.69. The number of thioether (sulfide) groups is 1. The topological polar surface area (TPSA) is 90.9 Å². The molecule has 1 saturated heterocycles. The van der Waals surface area contributed by atoms with Gasteiger partial charge in [0, 0.05) is 17.5 Å². The number of halogens is 1. The van der Waals surface area contributed by atoms with E-state index in [2.05, 4.69) is 5.32 Å². The number of rotatable bonds is 6. The van der Waals surface area contributed by atoms with Crippen LogP contribution < -0.4 is 14.8 Å². The summed E-state index contributed by atoms with van der Waals surface area (Å²) >= 11 is 6.97. The lowest BCUT2D eigenvalue weighted by molar-refractivity contribution is -0.152. The Hall–Kier alpha value is -3.49. The summed E-state index contributed by atoms with van der Waals surface area (Å²) in [5.41, 5.74) is 2.41. The van der Waals surface area contributed by atoms with Crippen molar-refractivity contribution in [2.24, 2.45) is 0 Å². The third-order valence-electron chi connectivity index (χ3n) is 6.15. The monoisotopic (exact) mass is 523 g/mol. The van der Waals surface area contributed by atoms with E-state index in [1.54, 1.807) is 30.3 Å².